The number of carbonyl (C=O) groups excluding carboxylic acids is 1. The molecule has 0 saturated carbocycles. The number of rotatable bonds is 9. The molecule has 3 aromatic rings. The van der Waals surface area contributed by atoms with Crippen molar-refractivity contribution in [2.24, 2.45) is 0 Å². The molecule has 4 rings (SSSR count). The Kier molecular flexibility index (Phi) is 8.21. The lowest BCUT2D eigenvalue weighted by atomic mass is 10.1. The number of hydrogen-bond acceptors (Lipinski definition) is 7. The van der Waals surface area contributed by atoms with Gasteiger partial charge in [0.25, 0.3) is 0 Å². The summed E-state index contributed by atoms with van der Waals surface area (Å²) in [7, 11) is 1.65. The van der Waals surface area contributed by atoms with Gasteiger partial charge in [-0.25, -0.2) is 9.78 Å². The van der Waals surface area contributed by atoms with Crippen LogP contribution >= 0.6 is 0 Å². The molecule has 1 aliphatic heterocycles. The number of hydrogen-bond donors (Lipinski definition) is 0. The molecule has 0 bridgehead atoms. The second-order valence-corrected chi connectivity index (χ2v) is 8.88. The highest BCUT2D eigenvalue weighted by atomic mass is 16.5. The minimum atomic E-state index is -0.320. The third-order valence-electron chi connectivity index (χ3n) is 5.88. The van der Waals surface area contributed by atoms with Crippen LogP contribution in [-0.2, 0) is 17.9 Å². The molecule has 0 amide bonds. The van der Waals surface area contributed by atoms with Gasteiger partial charge >= 0.3 is 5.97 Å². The number of carbonyl (C=O) groups is 1. The summed E-state index contributed by atoms with van der Waals surface area (Å²) in [5.74, 6) is 2.02. The molecule has 2 aromatic carbocycles. The predicted octanol–water partition coefficient (Wildman–Crippen LogP) is 4.56. The van der Waals surface area contributed by atoms with Crippen LogP contribution in [0.3, 0.4) is 0 Å². The van der Waals surface area contributed by atoms with Crippen molar-refractivity contribution >= 4 is 11.8 Å². The molecule has 1 aromatic heterocycles. The Balaban J connectivity index is 1.31. The lowest BCUT2D eigenvalue weighted by molar-refractivity contribution is 0.0378. The summed E-state index contributed by atoms with van der Waals surface area (Å²) in [6, 6.07) is 19.7. The quantitative estimate of drug-likeness (QED) is 0.421. The maximum absolute atomic E-state index is 12.5. The zero-order valence-electron chi connectivity index (χ0n) is 20.6. The van der Waals surface area contributed by atoms with Gasteiger partial charge in [-0.05, 0) is 61.4 Å². The lowest BCUT2D eigenvalue weighted by Gasteiger charge is -2.36. The van der Waals surface area contributed by atoms with Crippen LogP contribution in [0, 0.1) is 0 Å². The van der Waals surface area contributed by atoms with Crippen LogP contribution in [-0.4, -0.2) is 55.2 Å². The highest BCUT2D eigenvalue weighted by Crippen LogP contribution is 2.22. The Morgan fingerprint density at radius 2 is 1.66 bits per heavy atom. The van der Waals surface area contributed by atoms with Gasteiger partial charge < -0.3 is 19.1 Å². The SMILES string of the molecule is COc1ccc(OCc2cccc(CN3CCN(c4ncccc4C(=O)OC(C)C)CC3)c2)cc1. The monoisotopic (exact) mass is 475 g/mol. The largest absolute Gasteiger partial charge is 0.497 e. The molecule has 0 aliphatic carbocycles. The van der Waals surface area contributed by atoms with E-state index >= 15 is 0 Å². The van der Waals surface area contributed by atoms with Gasteiger partial charge in [0.15, 0.2) is 0 Å². The van der Waals surface area contributed by atoms with Crippen molar-refractivity contribution in [3.8, 4) is 11.5 Å². The van der Waals surface area contributed by atoms with Crippen LogP contribution in [0.2, 0.25) is 0 Å². The molecular weight excluding hydrogens is 442 g/mol. The van der Waals surface area contributed by atoms with Gasteiger partial charge in [-0.3, -0.25) is 4.90 Å². The fourth-order valence-electron chi connectivity index (χ4n) is 4.12. The first-order valence-corrected chi connectivity index (χ1v) is 12.0. The Bertz CT molecular complexity index is 1110. The number of pyridine rings is 1. The molecule has 0 radical (unpaired) electrons. The number of aromatic nitrogens is 1. The summed E-state index contributed by atoms with van der Waals surface area (Å²) in [6.07, 6.45) is 1.57. The van der Waals surface area contributed by atoms with Crippen molar-refractivity contribution in [3.05, 3.63) is 83.6 Å². The molecule has 1 aliphatic rings. The summed E-state index contributed by atoms with van der Waals surface area (Å²) in [6.45, 7) is 8.49. The number of piperazine rings is 1. The van der Waals surface area contributed by atoms with Gasteiger partial charge in [-0.15, -0.1) is 0 Å². The molecule has 1 saturated heterocycles. The van der Waals surface area contributed by atoms with Gasteiger partial charge in [-0.1, -0.05) is 24.3 Å². The maximum atomic E-state index is 12.5. The van der Waals surface area contributed by atoms with E-state index in [1.54, 1.807) is 25.4 Å². The van der Waals surface area contributed by atoms with Crippen LogP contribution in [0.4, 0.5) is 5.82 Å². The first-order chi connectivity index (χ1) is 17.0. The molecule has 0 N–H and O–H groups in total. The molecule has 0 unspecified atom stereocenters. The fraction of sp³-hybridized carbons (Fsp3) is 0.357. The van der Waals surface area contributed by atoms with Gasteiger partial charge in [0.05, 0.1) is 13.2 Å². The van der Waals surface area contributed by atoms with Gasteiger partial charge in [-0.2, -0.15) is 0 Å². The highest BCUT2D eigenvalue weighted by Gasteiger charge is 2.23. The van der Waals surface area contributed by atoms with E-state index in [1.165, 1.54) is 5.56 Å². The van der Waals surface area contributed by atoms with Crippen molar-refractivity contribution in [1.29, 1.82) is 0 Å². The fourth-order valence-corrected chi connectivity index (χ4v) is 4.12. The van der Waals surface area contributed by atoms with E-state index in [0.29, 0.717) is 18.0 Å². The molecule has 0 spiro atoms. The molecule has 7 heteroatoms. The minimum absolute atomic E-state index is 0.162. The Morgan fingerprint density at radius 3 is 2.37 bits per heavy atom. The van der Waals surface area contributed by atoms with Gasteiger partial charge in [0.1, 0.15) is 29.5 Å². The zero-order valence-corrected chi connectivity index (χ0v) is 20.6. The molecular formula is C28H33N3O4. The summed E-state index contributed by atoms with van der Waals surface area (Å²) >= 11 is 0. The number of nitrogens with zero attached hydrogens (tertiary/aromatic N) is 3. The van der Waals surface area contributed by atoms with E-state index in [4.69, 9.17) is 14.2 Å². The van der Waals surface area contributed by atoms with E-state index in [2.05, 4.69) is 39.0 Å². The van der Waals surface area contributed by atoms with Gasteiger partial charge in [0.2, 0.25) is 0 Å². The Labute approximate surface area is 207 Å². The van der Waals surface area contributed by atoms with Gasteiger partial charge in [0, 0.05) is 38.9 Å². The number of ether oxygens (including phenoxy) is 3. The summed E-state index contributed by atoms with van der Waals surface area (Å²) < 4.78 is 16.5. The molecule has 184 valence electrons. The smallest absolute Gasteiger partial charge is 0.342 e. The number of esters is 1. The Morgan fingerprint density at radius 1 is 0.943 bits per heavy atom. The summed E-state index contributed by atoms with van der Waals surface area (Å²) in [4.78, 5) is 21.6. The van der Waals surface area contributed by atoms with Crippen molar-refractivity contribution in [2.45, 2.75) is 33.1 Å². The van der Waals surface area contributed by atoms with E-state index < -0.39 is 0 Å². The lowest BCUT2D eigenvalue weighted by Crippen LogP contribution is -2.46. The average Bonchev–Trinajstić information content (AvgIpc) is 2.88. The van der Waals surface area contributed by atoms with Crippen LogP contribution in [0.5, 0.6) is 11.5 Å². The number of anilines is 1. The second-order valence-electron chi connectivity index (χ2n) is 8.88. The normalized spacial score (nSPS) is 14.1. The maximum Gasteiger partial charge on any atom is 0.342 e. The van der Waals surface area contributed by atoms with E-state index in [1.807, 2.05) is 38.1 Å². The predicted molar refractivity (Wildman–Crippen MR) is 136 cm³/mol. The second kappa shape index (κ2) is 11.7. The van der Waals surface area contributed by atoms with E-state index in [-0.39, 0.29) is 12.1 Å². The van der Waals surface area contributed by atoms with Crippen LogP contribution in [0.25, 0.3) is 0 Å². The zero-order chi connectivity index (χ0) is 24.6. The highest BCUT2D eigenvalue weighted by molar-refractivity contribution is 5.94. The van der Waals surface area contributed by atoms with Crippen molar-refractivity contribution < 1.29 is 19.0 Å². The van der Waals surface area contributed by atoms with Crippen molar-refractivity contribution in [2.75, 3.05) is 38.2 Å². The third kappa shape index (κ3) is 6.73. The topological polar surface area (TPSA) is 64.1 Å². The number of benzene rings is 2. The first-order valence-electron chi connectivity index (χ1n) is 12.0. The van der Waals surface area contributed by atoms with E-state index in [9.17, 15) is 4.79 Å². The van der Waals surface area contributed by atoms with Crippen LogP contribution in [0.1, 0.15) is 35.3 Å². The van der Waals surface area contributed by atoms with Crippen molar-refractivity contribution in [3.63, 3.8) is 0 Å². The van der Waals surface area contributed by atoms with Crippen LogP contribution in [0.15, 0.2) is 66.9 Å². The molecule has 2 heterocycles. The number of methoxy groups -OCH3 is 1. The molecule has 1 fully saturated rings. The minimum Gasteiger partial charge on any atom is -0.497 e. The molecule has 35 heavy (non-hydrogen) atoms. The standard InChI is InChI=1S/C28H33N3O4/c1-21(2)35-28(32)26-8-5-13-29-27(26)31-16-14-30(15-17-31)19-22-6-4-7-23(18-22)20-34-25-11-9-24(33-3)10-12-25/h4-13,18,21H,14-17,19-20H2,1-3H3. The van der Waals surface area contributed by atoms with E-state index in [0.717, 1.165) is 49.8 Å². The van der Waals surface area contributed by atoms with Crippen molar-refractivity contribution in [1.82, 2.24) is 9.88 Å². The Hall–Kier alpha value is -3.58. The summed E-state index contributed by atoms with van der Waals surface area (Å²) in [5, 5.41) is 0. The molecule has 7 nitrogen and oxygen atoms in total. The molecule has 0 atom stereocenters. The summed E-state index contributed by atoms with van der Waals surface area (Å²) in [5.41, 5.74) is 2.92. The van der Waals surface area contributed by atoms with Crippen LogP contribution < -0.4 is 14.4 Å². The average molecular weight is 476 g/mol. The first kappa shape index (κ1) is 24.5. The third-order valence-corrected chi connectivity index (χ3v) is 5.88.